The largest absolute Gasteiger partial charge is 0.395 e. The summed E-state index contributed by atoms with van der Waals surface area (Å²) in [6.07, 6.45) is 9.63. The van der Waals surface area contributed by atoms with Gasteiger partial charge >= 0.3 is 0 Å². The van der Waals surface area contributed by atoms with E-state index in [2.05, 4.69) is 6.92 Å². The Morgan fingerprint density at radius 2 is 1.41 bits per heavy atom. The fourth-order valence-corrected chi connectivity index (χ4v) is 2.49. The summed E-state index contributed by atoms with van der Waals surface area (Å²) in [6, 6.07) is 0. The Bertz CT molecular complexity index is 211. The van der Waals surface area contributed by atoms with E-state index in [-0.39, 0.29) is 13.2 Å². The van der Waals surface area contributed by atoms with Crippen LogP contribution >= 0.6 is 0 Å². The molecule has 0 aromatic carbocycles. The van der Waals surface area contributed by atoms with Crippen LogP contribution in [0.25, 0.3) is 0 Å². The van der Waals surface area contributed by atoms with Crippen LogP contribution in [-0.2, 0) is 4.74 Å². The molecule has 0 aliphatic heterocycles. The highest BCUT2D eigenvalue weighted by Crippen LogP contribution is 2.08. The first-order valence-electron chi connectivity index (χ1n) is 8.94. The molecule has 0 bridgehead atoms. The first-order valence-corrected chi connectivity index (χ1v) is 8.94. The molecule has 0 saturated heterocycles. The van der Waals surface area contributed by atoms with Gasteiger partial charge in [0.1, 0.15) is 0 Å². The van der Waals surface area contributed by atoms with Gasteiger partial charge in [-0.25, -0.2) is 0 Å². The van der Waals surface area contributed by atoms with Gasteiger partial charge in [0, 0.05) is 26.2 Å². The standard InChI is InChI=1S/C17H37NO4/c1-2-3-4-5-6-7-8-9-14-22-16-17(21)15-18(10-12-19)11-13-20/h17,19-21H,2-16H2,1H3. The van der Waals surface area contributed by atoms with Crippen molar-refractivity contribution in [1.82, 2.24) is 4.90 Å². The van der Waals surface area contributed by atoms with Gasteiger partial charge in [-0.1, -0.05) is 51.9 Å². The van der Waals surface area contributed by atoms with Gasteiger partial charge in [0.25, 0.3) is 0 Å². The lowest BCUT2D eigenvalue weighted by atomic mass is 10.1. The SMILES string of the molecule is CCCCCCCCCCOCC(O)CN(CCO)CCO. The topological polar surface area (TPSA) is 73.2 Å². The van der Waals surface area contributed by atoms with Crippen molar-refractivity contribution in [3.05, 3.63) is 0 Å². The Kier molecular flexibility index (Phi) is 17.0. The minimum atomic E-state index is -0.563. The molecule has 0 saturated carbocycles. The molecular formula is C17H37NO4. The highest BCUT2D eigenvalue weighted by molar-refractivity contribution is 4.63. The molecule has 3 N–H and O–H groups in total. The van der Waals surface area contributed by atoms with Crippen molar-refractivity contribution in [2.24, 2.45) is 0 Å². The molecular weight excluding hydrogens is 282 g/mol. The summed E-state index contributed by atoms with van der Waals surface area (Å²) in [6.45, 7) is 4.69. The number of ether oxygens (including phenoxy) is 1. The summed E-state index contributed by atoms with van der Waals surface area (Å²) in [5.74, 6) is 0. The van der Waals surface area contributed by atoms with E-state index in [4.69, 9.17) is 14.9 Å². The fourth-order valence-electron chi connectivity index (χ4n) is 2.49. The molecule has 5 heteroatoms. The van der Waals surface area contributed by atoms with Gasteiger partial charge in [0.15, 0.2) is 0 Å². The number of hydrogen-bond donors (Lipinski definition) is 3. The van der Waals surface area contributed by atoms with E-state index in [9.17, 15) is 5.11 Å². The molecule has 1 unspecified atom stereocenters. The molecule has 22 heavy (non-hydrogen) atoms. The molecule has 0 aromatic heterocycles. The Morgan fingerprint density at radius 3 is 1.95 bits per heavy atom. The van der Waals surface area contributed by atoms with Gasteiger partial charge in [-0.2, -0.15) is 0 Å². The Labute approximate surface area is 136 Å². The van der Waals surface area contributed by atoms with Crippen LogP contribution in [0.15, 0.2) is 0 Å². The van der Waals surface area contributed by atoms with E-state index in [0.717, 1.165) is 6.42 Å². The second-order valence-corrected chi connectivity index (χ2v) is 5.95. The van der Waals surface area contributed by atoms with Crippen LogP contribution in [0.2, 0.25) is 0 Å². The second kappa shape index (κ2) is 17.2. The Hall–Kier alpha value is -0.200. The molecule has 1 atom stereocenters. The van der Waals surface area contributed by atoms with E-state index in [1.54, 1.807) is 0 Å². The number of unbranched alkanes of at least 4 members (excludes halogenated alkanes) is 7. The second-order valence-electron chi connectivity index (χ2n) is 5.95. The van der Waals surface area contributed by atoms with Crippen molar-refractivity contribution in [2.75, 3.05) is 46.1 Å². The predicted octanol–water partition coefficient (Wildman–Crippen LogP) is 1.79. The van der Waals surface area contributed by atoms with Crippen LogP contribution in [0.3, 0.4) is 0 Å². The van der Waals surface area contributed by atoms with Gasteiger partial charge in [0.05, 0.1) is 25.9 Å². The van der Waals surface area contributed by atoms with Crippen LogP contribution in [0.5, 0.6) is 0 Å². The highest BCUT2D eigenvalue weighted by Gasteiger charge is 2.11. The van der Waals surface area contributed by atoms with Crippen LogP contribution < -0.4 is 0 Å². The first kappa shape index (κ1) is 21.8. The zero-order valence-electron chi connectivity index (χ0n) is 14.4. The molecule has 0 heterocycles. The average molecular weight is 319 g/mol. The average Bonchev–Trinajstić information content (AvgIpc) is 2.49. The van der Waals surface area contributed by atoms with Crippen molar-refractivity contribution >= 4 is 0 Å². The van der Waals surface area contributed by atoms with Gasteiger partial charge in [-0.3, -0.25) is 4.90 Å². The van der Waals surface area contributed by atoms with Crippen molar-refractivity contribution in [3.8, 4) is 0 Å². The lowest BCUT2D eigenvalue weighted by Crippen LogP contribution is -2.38. The number of nitrogens with zero attached hydrogens (tertiary/aromatic N) is 1. The summed E-state index contributed by atoms with van der Waals surface area (Å²) in [5.41, 5.74) is 0. The van der Waals surface area contributed by atoms with Crippen LogP contribution in [-0.4, -0.2) is 72.4 Å². The number of aliphatic hydroxyl groups is 3. The molecule has 0 rings (SSSR count). The highest BCUT2D eigenvalue weighted by atomic mass is 16.5. The van der Waals surface area contributed by atoms with Crippen molar-refractivity contribution in [1.29, 1.82) is 0 Å². The third kappa shape index (κ3) is 14.7. The molecule has 0 spiro atoms. The third-order valence-electron chi connectivity index (χ3n) is 3.75. The van der Waals surface area contributed by atoms with E-state index in [1.165, 1.54) is 44.9 Å². The third-order valence-corrected chi connectivity index (χ3v) is 3.75. The minimum Gasteiger partial charge on any atom is -0.395 e. The zero-order valence-corrected chi connectivity index (χ0v) is 14.4. The van der Waals surface area contributed by atoms with Gasteiger partial charge in [0.2, 0.25) is 0 Å². The molecule has 0 aliphatic rings. The first-order chi connectivity index (χ1) is 10.7. The summed E-state index contributed by atoms with van der Waals surface area (Å²) < 4.78 is 5.50. The van der Waals surface area contributed by atoms with E-state index >= 15 is 0 Å². The Morgan fingerprint density at radius 1 is 0.864 bits per heavy atom. The van der Waals surface area contributed by atoms with Crippen molar-refractivity contribution in [3.63, 3.8) is 0 Å². The monoisotopic (exact) mass is 319 g/mol. The summed E-state index contributed by atoms with van der Waals surface area (Å²) >= 11 is 0. The summed E-state index contributed by atoms with van der Waals surface area (Å²) in [5, 5.41) is 27.7. The van der Waals surface area contributed by atoms with Crippen LogP contribution in [0, 0.1) is 0 Å². The lowest BCUT2D eigenvalue weighted by molar-refractivity contribution is 0.0103. The zero-order chi connectivity index (χ0) is 16.5. The van der Waals surface area contributed by atoms with Crippen molar-refractivity contribution in [2.45, 2.75) is 64.4 Å². The van der Waals surface area contributed by atoms with Crippen molar-refractivity contribution < 1.29 is 20.1 Å². The Balaban J connectivity index is 3.38. The molecule has 134 valence electrons. The van der Waals surface area contributed by atoms with Crippen LogP contribution in [0.4, 0.5) is 0 Å². The molecule has 0 aromatic rings. The van der Waals surface area contributed by atoms with E-state index in [1.807, 2.05) is 4.90 Å². The van der Waals surface area contributed by atoms with Crippen LogP contribution in [0.1, 0.15) is 58.3 Å². The summed E-state index contributed by atoms with van der Waals surface area (Å²) in [7, 11) is 0. The lowest BCUT2D eigenvalue weighted by Gasteiger charge is -2.23. The number of rotatable bonds is 17. The quantitative estimate of drug-likeness (QED) is 0.357. The predicted molar refractivity (Wildman–Crippen MR) is 90.0 cm³/mol. The fraction of sp³-hybridized carbons (Fsp3) is 1.00. The number of aliphatic hydroxyl groups excluding tert-OH is 3. The molecule has 0 fully saturated rings. The maximum absolute atomic E-state index is 9.87. The molecule has 0 amide bonds. The maximum atomic E-state index is 9.87. The minimum absolute atomic E-state index is 0.0336. The number of hydrogen-bond acceptors (Lipinski definition) is 5. The normalized spacial score (nSPS) is 13.0. The molecule has 5 nitrogen and oxygen atoms in total. The summed E-state index contributed by atoms with van der Waals surface area (Å²) in [4.78, 5) is 1.84. The molecule has 0 radical (unpaired) electrons. The van der Waals surface area contributed by atoms with Gasteiger partial charge < -0.3 is 20.1 Å². The van der Waals surface area contributed by atoms with Gasteiger partial charge in [-0.15, -0.1) is 0 Å². The maximum Gasteiger partial charge on any atom is 0.0900 e. The van der Waals surface area contributed by atoms with E-state index in [0.29, 0.717) is 32.8 Å². The smallest absolute Gasteiger partial charge is 0.0900 e. The van der Waals surface area contributed by atoms with Gasteiger partial charge in [-0.05, 0) is 6.42 Å². The van der Waals surface area contributed by atoms with E-state index < -0.39 is 6.10 Å². The molecule has 0 aliphatic carbocycles.